The molecule has 0 N–H and O–H groups in total. The molecule has 3 nitrogen and oxygen atoms in total. The van der Waals surface area contributed by atoms with Crippen molar-refractivity contribution in [1.29, 1.82) is 0 Å². The number of carbonyl (C=O) groups excluding carboxylic acids is 2. The zero-order valence-electron chi connectivity index (χ0n) is 4.16. The Hall–Kier alpha value is -0.276. The standard InChI is InChI=1S/C4H5O2.O.V/c1-4(6)2-3-5;;/h3H,1-2H2;;. The minimum absolute atomic E-state index is 0.0786. The maximum atomic E-state index is 10.2. The van der Waals surface area contributed by atoms with Crippen molar-refractivity contribution in [2.24, 2.45) is 0 Å². The molecule has 0 amide bonds. The summed E-state index contributed by atoms with van der Waals surface area (Å²) in [5.41, 5.74) is 0. The van der Waals surface area contributed by atoms with Gasteiger partial charge in [0, 0.05) is 0 Å². The van der Waals surface area contributed by atoms with Crippen LogP contribution >= 0.6 is 0 Å². The van der Waals surface area contributed by atoms with Crippen LogP contribution in [0.4, 0.5) is 0 Å². The molecule has 4 heteroatoms. The predicted octanol–water partition coefficient (Wildman–Crippen LogP) is -0.00920. The van der Waals surface area contributed by atoms with E-state index in [1.165, 1.54) is 0 Å². The van der Waals surface area contributed by atoms with Gasteiger partial charge in [-0.15, -0.1) is 0 Å². The molecular formula is C4H5O3V. The second-order valence-electron chi connectivity index (χ2n) is 1.20. The first-order valence-electron chi connectivity index (χ1n) is 2.05. The van der Waals surface area contributed by atoms with Crippen LogP contribution < -0.4 is 0 Å². The minimum atomic E-state index is -1.09. The van der Waals surface area contributed by atoms with Crippen molar-refractivity contribution < 1.29 is 29.5 Å². The van der Waals surface area contributed by atoms with Gasteiger partial charge in [-0.3, -0.25) is 0 Å². The summed E-state index contributed by atoms with van der Waals surface area (Å²) in [6, 6.07) is 0. The van der Waals surface area contributed by atoms with Crippen molar-refractivity contribution in [2.75, 3.05) is 0 Å². The Morgan fingerprint density at radius 2 is 2.25 bits per heavy atom. The van der Waals surface area contributed by atoms with Crippen LogP contribution in [0.15, 0.2) is 0 Å². The third kappa shape index (κ3) is 3.90. The van der Waals surface area contributed by atoms with E-state index in [-0.39, 0.29) is 17.3 Å². The average molecular weight is 152 g/mol. The second kappa shape index (κ2) is 4.87. The van der Waals surface area contributed by atoms with Crippen LogP contribution in [-0.2, 0) is 29.5 Å². The molecule has 0 aliphatic rings. The molecule has 0 aromatic carbocycles. The number of aldehydes is 1. The maximum absolute atomic E-state index is 10.2. The Kier molecular flexibility index (Phi) is 4.71. The fourth-order valence-electron chi connectivity index (χ4n) is 0.229. The van der Waals surface area contributed by atoms with Crippen LogP contribution in [0.25, 0.3) is 0 Å². The van der Waals surface area contributed by atoms with Gasteiger partial charge in [-0.05, 0) is 0 Å². The van der Waals surface area contributed by atoms with Crippen LogP contribution in [0.2, 0.25) is 5.13 Å². The molecular weight excluding hydrogens is 147 g/mol. The molecule has 0 atom stereocenters. The Labute approximate surface area is 53.7 Å². The van der Waals surface area contributed by atoms with E-state index in [4.69, 9.17) is 0 Å². The first-order chi connectivity index (χ1) is 3.81. The van der Waals surface area contributed by atoms with E-state index < -0.39 is 16.2 Å². The molecule has 0 spiro atoms. The zero-order valence-corrected chi connectivity index (χ0v) is 5.56. The molecule has 0 aliphatic carbocycles. The van der Waals surface area contributed by atoms with E-state index in [1.807, 2.05) is 0 Å². The Morgan fingerprint density at radius 3 is 2.62 bits per heavy atom. The topological polar surface area (TPSA) is 51.2 Å². The summed E-state index contributed by atoms with van der Waals surface area (Å²) in [5.74, 6) is -0.227. The molecule has 8 heavy (non-hydrogen) atoms. The molecule has 0 aliphatic heterocycles. The van der Waals surface area contributed by atoms with Crippen LogP contribution in [0, 0.1) is 0 Å². The Balaban J connectivity index is 3.32. The van der Waals surface area contributed by atoms with Gasteiger partial charge in [0.15, 0.2) is 0 Å². The van der Waals surface area contributed by atoms with Crippen molar-refractivity contribution in [3.05, 3.63) is 0 Å². The molecule has 0 saturated heterocycles. The quantitative estimate of drug-likeness (QED) is 0.420. The first-order valence-corrected chi connectivity index (χ1v) is 3.61. The van der Waals surface area contributed by atoms with Gasteiger partial charge in [0.2, 0.25) is 0 Å². The molecule has 0 rings (SSSR count). The normalized spacial score (nSPS) is 8.00. The van der Waals surface area contributed by atoms with Crippen LogP contribution in [0.1, 0.15) is 6.42 Å². The van der Waals surface area contributed by atoms with E-state index in [0.29, 0.717) is 6.29 Å². The molecule has 0 fully saturated rings. The van der Waals surface area contributed by atoms with Crippen LogP contribution in [0.3, 0.4) is 0 Å². The second-order valence-corrected chi connectivity index (χ2v) is 2.09. The summed E-state index contributed by atoms with van der Waals surface area (Å²) in [5, 5.41) is 0.0786. The van der Waals surface area contributed by atoms with Gasteiger partial charge in [0.05, 0.1) is 0 Å². The van der Waals surface area contributed by atoms with Gasteiger partial charge >= 0.3 is 53.1 Å². The summed E-state index contributed by atoms with van der Waals surface area (Å²) in [6.45, 7) is 0. The van der Waals surface area contributed by atoms with Crippen LogP contribution in [0.5, 0.6) is 0 Å². The average Bonchev–Trinajstić information content (AvgIpc) is 1.68. The molecule has 0 heterocycles. The Morgan fingerprint density at radius 1 is 1.62 bits per heavy atom. The summed E-state index contributed by atoms with van der Waals surface area (Å²) in [6.07, 6.45) is 0.441. The number of Topliss-reactive ketones (excluding diaryl/α,β-unsaturated/α-hetero) is 1. The molecule has 0 aromatic rings. The predicted molar refractivity (Wildman–Crippen MR) is 21.2 cm³/mol. The van der Waals surface area contributed by atoms with Gasteiger partial charge in [0.1, 0.15) is 0 Å². The fourth-order valence-corrected chi connectivity index (χ4v) is 0.656. The van der Waals surface area contributed by atoms with Crippen LogP contribution in [-0.4, -0.2) is 12.1 Å². The third-order valence-electron chi connectivity index (χ3n) is 0.552. The molecule has 44 valence electrons. The van der Waals surface area contributed by atoms with E-state index in [9.17, 15) is 13.3 Å². The SMILES string of the molecule is O=CCC(=O)[CH2][V]=[O]. The molecule has 0 bridgehead atoms. The molecule has 0 saturated carbocycles. The monoisotopic (exact) mass is 152 g/mol. The van der Waals surface area contributed by atoms with E-state index >= 15 is 0 Å². The summed E-state index contributed by atoms with van der Waals surface area (Å²) < 4.78 is 9.77. The van der Waals surface area contributed by atoms with Crippen molar-refractivity contribution in [1.82, 2.24) is 0 Å². The number of ketones is 1. The van der Waals surface area contributed by atoms with E-state index in [2.05, 4.69) is 0 Å². The molecule has 0 aromatic heterocycles. The van der Waals surface area contributed by atoms with E-state index in [1.54, 1.807) is 0 Å². The van der Waals surface area contributed by atoms with Crippen molar-refractivity contribution in [3.63, 3.8) is 0 Å². The molecule has 0 radical (unpaired) electrons. The number of rotatable bonds is 4. The number of carbonyl (C=O) groups is 2. The third-order valence-corrected chi connectivity index (χ3v) is 1.30. The van der Waals surface area contributed by atoms with Gasteiger partial charge in [-0.2, -0.15) is 0 Å². The Bertz CT molecular complexity index is 97.9. The molecule has 0 unspecified atom stereocenters. The van der Waals surface area contributed by atoms with Gasteiger partial charge < -0.3 is 0 Å². The van der Waals surface area contributed by atoms with Gasteiger partial charge in [-0.25, -0.2) is 0 Å². The summed E-state index contributed by atoms with van der Waals surface area (Å²) in [4.78, 5) is 19.8. The van der Waals surface area contributed by atoms with E-state index in [0.717, 1.165) is 0 Å². The first kappa shape index (κ1) is 7.72. The van der Waals surface area contributed by atoms with Gasteiger partial charge in [0.25, 0.3) is 0 Å². The summed E-state index contributed by atoms with van der Waals surface area (Å²) >= 11 is -1.09. The van der Waals surface area contributed by atoms with Crippen molar-refractivity contribution >= 4 is 12.1 Å². The van der Waals surface area contributed by atoms with Crippen molar-refractivity contribution in [3.8, 4) is 0 Å². The van der Waals surface area contributed by atoms with Crippen molar-refractivity contribution in [2.45, 2.75) is 11.6 Å². The fraction of sp³-hybridized carbons (Fsp3) is 0.500. The number of hydrogen-bond donors (Lipinski definition) is 0. The number of hydrogen-bond acceptors (Lipinski definition) is 3. The summed E-state index contributed by atoms with van der Waals surface area (Å²) in [7, 11) is 0. The van der Waals surface area contributed by atoms with Gasteiger partial charge in [-0.1, -0.05) is 0 Å². The zero-order chi connectivity index (χ0) is 6.41.